The summed E-state index contributed by atoms with van der Waals surface area (Å²) in [6.45, 7) is 17.5. The van der Waals surface area contributed by atoms with E-state index in [1.165, 1.54) is 0 Å². The van der Waals surface area contributed by atoms with Crippen LogP contribution in [0, 0.1) is 0 Å². The normalized spacial score (nSPS) is 15.7. The maximum absolute atomic E-state index is 13.6. The van der Waals surface area contributed by atoms with Gasteiger partial charge in [-0.05, 0) is 105 Å². The molecule has 0 spiro atoms. The molecule has 1 aliphatic heterocycles. The molecule has 0 unspecified atom stereocenters. The van der Waals surface area contributed by atoms with Crippen LogP contribution in [0.25, 0.3) is 11.1 Å². The van der Waals surface area contributed by atoms with Gasteiger partial charge < -0.3 is 28.6 Å². The van der Waals surface area contributed by atoms with Crippen molar-refractivity contribution in [2.75, 3.05) is 19.7 Å². The second-order valence-corrected chi connectivity index (χ2v) is 19.2. The van der Waals surface area contributed by atoms with Crippen LogP contribution < -0.4 is 9.47 Å². The van der Waals surface area contributed by atoms with Gasteiger partial charge >= 0.3 is 12.1 Å². The number of aryl methyl sites for hydroxylation is 1. The first-order valence-electron chi connectivity index (χ1n) is 16.0. The van der Waals surface area contributed by atoms with Crippen LogP contribution in [0.4, 0.5) is 4.79 Å². The summed E-state index contributed by atoms with van der Waals surface area (Å²) in [7, 11) is -2.22. The van der Waals surface area contributed by atoms with Crippen LogP contribution in [0.2, 0.25) is 18.1 Å². The standard InChI is InChI=1S/C37H49NO7Si/c1-36(2,3)44-35(41)38(24-32(45-46(7,8)37(4,5)6)25-42-30-12-10-9-11-13-30)23-31-20-18-29-22-28(19-21-33(29)43-31)26-14-16-27(17-15-26)34(39)40/h9-17,19,21-22,31-32H,18,20,23-25H2,1-8H3,(H,39,40)/t31-,32-/m0/s1. The molecule has 9 heteroatoms. The molecule has 1 heterocycles. The number of ether oxygens (including phenoxy) is 3. The lowest BCUT2D eigenvalue weighted by molar-refractivity contribution is 0.000512. The van der Waals surface area contributed by atoms with E-state index in [1.807, 2.05) is 75.4 Å². The molecule has 0 saturated carbocycles. The molecule has 0 aliphatic carbocycles. The summed E-state index contributed by atoms with van der Waals surface area (Å²) in [6, 6.07) is 22.5. The Morgan fingerprint density at radius 1 is 0.957 bits per heavy atom. The Hall–Kier alpha value is -3.82. The molecule has 46 heavy (non-hydrogen) atoms. The summed E-state index contributed by atoms with van der Waals surface area (Å²) in [5.74, 6) is 0.589. The SMILES string of the molecule is CC(C)(C)OC(=O)N(C[C@@H]1CCc2cc(-c3ccc(C(=O)O)cc3)ccc2O1)C[C@@H](COc1ccccc1)O[Si](C)(C)C(C)(C)C. The van der Waals surface area contributed by atoms with Gasteiger partial charge in [0.2, 0.25) is 0 Å². The molecule has 0 radical (unpaired) electrons. The predicted octanol–water partition coefficient (Wildman–Crippen LogP) is 8.45. The highest BCUT2D eigenvalue weighted by atomic mass is 28.4. The van der Waals surface area contributed by atoms with E-state index in [4.69, 9.17) is 18.6 Å². The van der Waals surface area contributed by atoms with E-state index >= 15 is 0 Å². The number of carbonyl (C=O) groups is 2. The Morgan fingerprint density at radius 2 is 1.61 bits per heavy atom. The van der Waals surface area contributed by atoms with Crippen molar-refractivity contribution in [2.45, 2.75) is 90.3 Å². The number of para-hydroxylation sites is 1. The van der Waals surface area contributed by atoms with Gasteiger partial charge in [-0.1, -0.05) is 57.2 Å². The monoisotopic (exact) mass is 647 g/mol. The maximum atomic E-state index is 13.6. The van der Waals surface area contributed by atoms with Gasteiger partial charge in [-0.15, -0.1) is 0 Å². The highest BCUT2D eigenvalue weighted by molar-refractivity contribution is 6.74. The second kappa shape index (κ2) is 14.3. The third-order valence-corrected chi connectivity index (χ3v) is 13.0. The van der Waals surface area contributed by atoms with E-state index in [0.29, 0.717) is 19.7 Å². The Balaban J connectivity index is 1.53. The number of aromatic carboxylic acids is 1. The van der Waals surface area contributed by atoms with Crippen molar-refractivity contribution < 1.29 is 33.3 Å². The fraction of sp³-hybridized carbons (Fsp3) is 0.459. The van der Waals surface area contributed by atoms with E-state index in [0.717, 1.165) is 41.0 Å². The number of hydrogen-bond donors (Lipinski definition) is 1. The molecule has 4 rings (SSSR count). The van der Waals surface area contributed by atoms with Crippen LogP contribution >= 0.6 is 0 Å². The molecule has 1 aliphatic rings. The number of carbonyl (C=O) groups excluding carboxylic acids is 1. The summed E-state index contributed by atoms with van der Waals surface area (Å²) in [5.41, 5.74) is 2.61. The highest BCUT2D eigenvalue weighted by Crippen LogP contribution is 2.38. The molecule has 0 bridgehead atoms. The average Bonchev–Trinajstić information content (AvgIpc) is 2.98. The van der Waals surface area contributed by atoms with Crippen molar-refractivity contribution in [1.82, 2.24) is 4.90 Å². The third-order valence-electron chi connectivity index (χ3n) is 8.50. The van der Waals surface area contributed by atoms with Crippen molar-refractivity contribution in [3.63, 3.8) is 0 Å². The molecule has 1 N–H and O–H groups in total. The van der Waals surface area contributed by atoms with Gasteiger partial charge in [0, 0.05) is 0 Å². The predicted molar refractivity (Wildman–Crippen MR) is 183 cm³/mol. The first-order valence-corrected chi connectivity index (χ1v) is 18.9. The fourth-order valence-corrected chi connectivity index (χ4v) is 6.35. The average molecular weight is 648 g/mol. The van der Waals surface area contributed by atoms with Gasteiger partial charge in [0.25, 0.3) is 0 Å². The number of benzene rings is 3. The quantitative estimate of drug-likeness (QED) is 0.209. The molecule has 0 saturated heterocycles. The molecule has 3 aromatic rings. The number of rotatable bonds is 11. The molecule has 3 aromatic carbocycles. The lowest BCUT2D eigenvalue weighted by Crippen LogP contribution is -2.52. The minimum Gasteiger partial charge on any atom is -0.491 e. The highest BCUT2D eigenvalue weighted by Gasteiger charge is 2.40. The third kappa shape index (κ3) is 9.59. The number of carboxylic acids is 1. The van der Waals surface area contributed by atoms with E-state index in [1.54, 1.807) is 17.0 Å². The molecule has 0 fully saturated rings. The Kier molecular flexibility index (Phi) is 10.9. The summed E-state index contributed by atoms with van der Waals surface area (Å²) in [4.78, 5) is 26.6. The molecule has 248 valence electrons. The summed E-state index contributed by atoms with van der Waals surface area (Å²) in [5, 5.41) is 9.20. The van der Waals surface area contributed by atoms with Gasteiger partial charge in [0.05, 0.1) is 24.8 Å². The van der Waals surface area contributed by atoms with Crippen LogP contribution in [0.1, 0.15) is 63.9 Å². The van der Waals surface area contributed by atoms with Crippen LogP contribution in [0.3, 0.4) is 0 Å². The van der Waals surface area contributed by atoms with Crippen molar-refractivity contribution in [2.24, 2.45) is 0 Å². The molecular weight excluding hydrogens is 598 g/mol. The van der Waals surface area contributed by atoms with E-state index in [2.05, 4.69) is 39.9 Å². The van der Waals surface area contributed by atoms with Crippen LogP contribution in [-0.2, 0) is 15.6 Å². The van der Waals surface area contributed by atoms with Crippen LogP contribution in [0.15, 0.2) is 72.8 Å². The van der Waals surface area contributed by atoms with E-state index in [-0.39, 0.29) is 22.8 Å². The van der Waals surface area contributed by atoms with E-state index in [9.17, 15) is 14.7 Å². The Morgan fingerprint density at radius 3 is 2.22 bits per heavy atom. The minimum absolute atomic E-state index is 0.0257. The van der Waals surface area contributed by atoms with Gasteiger partial charge in [-0.25, -0.2) is 9.59 Å². The maximum Gasteiger partial charge on any atom is 0.410 e. The first kappa shape index (κ1) is 35.0. The molecule has 8 nitrogen and oxygen atoms in total. The molecule has 2 atom stereocenters. The van der Waals surface area contributed by atoms with Gasteiger partial charge in [-0.3, -0.25) is 0 Å². The summed E-state index contributed by atoms with van der Waals surface area (Å²) >= 11 is 0. The zero-order valence-electron chi connectivity index (χ0n) is 28.5. The van der Waals surface area contributed by atoms with Gasteiger partial charge in [0.1, 0.15) is 29.8 Å². The molecule has 1 amide bonds. The Labute approximate surface area is 274 Å². The number of carboxylic acid groups (broad SMARTS) is 1. The number of nitrogens with zero attached hydrogens (tertiary/aromatic N) is 1. The lowest BCUT2D eigenvalue weighted by atomic mass is 9.96. The minimum atomic E-state index is -2.22. The molecule has 0 aromatic heterocycles. The number of amides is 1. The van der Waals surface area contributed by atoms with Crippen molar-refractivity contribution >= 4 is 20.4 Å². The fourth-order valence-electron chi connectivity index (χ4n) is 5.02. The summed E-state index contributed by atoms with van der Waals surface area (Å²) < 4.78 is 25.3. The largest absolute Gasteiger partial charge is 0.491 e. The topological polar surface area (TPSA) is 94.5 Å². The van der Waals surface area contributed by atoms with Gasteiger partial charge in [-0.2, -0.15) is 0 Å². The zero-order chi connectivity index (χ0) is 33.7. The number of fused-ring (bicyclic) bond motifs is 1. The lowest BCUT2D eigenvalue weighted by Gasteiger charge is -2.41. The number of hydrogen-bond acceptors (Lipinski definition) is 6. The van der Waals surface area contributed by atoms with Crippen molar-refractivity contribution in [3.05, 3.63) is 83.9 Å². The van der Waals surface area contributed by atoms with E-state index < -0.39 is 26.0 Å². The van der Waals surface area contributed by atoms with Crippen molar-refractivity contribution in [3.8, 4) is 22.6 Å². The van der Waals surface area contributed by atoms with Gasteiger partial charge in [0.15, 0.2) is 8.32 Å². The Bertz CT molecular complexity index is 1480. The smallest absolute Gasteiger partial charge is 0.410 e. The molecular formula is C37H49NO7Si. The second-order valence-electron chi connectivity index (χ2n) is 14.5. The van der Waals surface area contributed by atoms with Crippen molar-refractivity contribution in [1.29, 1.82) is 0 Å². The van der Waals surface area contributed by atoms with Crippen LogP contribution in [0.5, 0.6) is 11.5 Å². The summed E-state index contributed by atoms with van der Waals surface area (Å²) in [6.07, 6.45) is 0.487. The zero-order valence-corrected chi connectivity index (χ0v) is 29.5. The van der Waals surface area contributed by atoms with Crippen LogP contribution in [-0.4, -0.2) is 67.9 Å². The first-order chi connectivity index (χ1) is 21.5.